The predicted molar refractivity (Wildman–Crippen MR) is 80.2 cm³/mol. The van der Waals surface area contributed by atoms with Crippen LogP contribution in [0.25, 0.3) is 11.2 Å². The van der Waals surface area contributed by atoms with Crippen molar-refractivity contribution >= 4 is 22.9 Å². The number of piperidine rings is 1. The summed E-state index contributed by atoms with van der Waals surface area (Å²) in [5, 5.41) is 3.01. The third-order valence-electron chi connectivity index (χ3n) is 3.92. The van der Waals surface area contributed by atoms with Gasteiger partial charge in [0.25, 0.3) is 0 Å². The van der Waals surface area contributed by atoms with E-state index in [1.807, 2.05) is 7.05 Å². The van der Waals surface area contributed by atoms with E-state index in [0.29, 0.717) is 17.6 Å². The SMILES string of the molecule is CNc1nc(N2CCCC(N(C)C)C2)c2[nH]cnc2n1. The number of nitrogens with zero attached hydrogens (tertiary/aromatic N) is 5. The molecule has 0 aliphatic carbocycles. The topological polar surface area (TPSA) is 73.0 Å². The molecule has 0 saturated carbocycles. The maximum atomic E-state index is 4.62. The van der Waals surface area contributed by atoms with Crippen LogP contribution in [-0.4, -0.2) is 65.1 Å². The summed E-state index contributed by atoms with van der Waals surface area (Å²) >= 11 is 0. The first kappa shape index (κ1) is 13.1. The molecule has 0 bridgehead atoms. The van der Waals surface area contributed by atoms with Gasteiger partial charge < -0.3 is 20.1 Å². The van der Waals surface area contributed by atoms with Crippen molar-refractivity contribution in [1.29, 1.82) is 0 Å². The molecule has 1 aliphatic rings. The average Bonchev–Trinajstić information content (AvgIpc) is 2.94. The number of aromatic nitrogens is 4. The number of hydrogen-bond acceptors (Lipinski definition) is 6. The highest BCUT2D eigenvalue weighted by molar-refractivity contribution is 5.84. The molecule has 1 unspecified atom stereocenters. The molecule has 7 nitrogen and oxygen atoms in total. The van der Waals surface area contributed by atoms with Crippen LogP contribution in [0.1, 0.15) is 12.8 Å². The van der Waals surface area contributed by atoms with E-state index in [2.05, 4.69) is 49.1 Å². The molecule has 0 amide bonds. The monoisotopic (exact) mass is 275 g/mol. The minimum absolute atomic E-state index is 0.565. The van der Waals surface area contributed by atoms with Crippen LogP contribution in [0, 0.1) is 0 Å². The fourth-order valence-electron chi connectivity index (χ4n) is 2.73. The molecule has 0 radical (unpaired) electrons. The summed E-state index contributed by atoms with van der Waals surface area (Å²) in [7, 11) is 6.11. The lowest BCUT2D eigenvalue weighted by molar-refractivity contribution is 0.257. The second kappa shape index (κ2) is 5.24. The first-order valence-electron chi connectivity index (χ1n) is 6.99. The van der Waals surface area contributed by atoms with E-state index in [9.17, 15) is 0 Å². The molecule has 1 atom stereocenters. The molecule has 2 aromatic rings. The Labute approximate surface area is 118 Å². The van der Waals surface area contributed by atoms with Crippen LogP contribution in [0.15, 0.2) is 6.33 Å². The molecule has 20 heavy (non-hydrogen) atoms. The minimum Gasteiger partial charge on any atom is -0.357 e. The Morgan fingerprint density at radius 1 is 1.40 bits per heavy atom. The number of nitrogens with one attached hydrogen (secondary N) is 2. The Morgan fingerprint density at radius 3 is 3.00 bits per heavy atom. The van der Waals surface area contributed by atoms with Crippen LogP contribution in [0.5, 0.6) is 0 Å². The average molecular weight is 275 g/mol. The van der Waals surface area contributed by atoms with E-state index in [0.717, 1.165) is 24.4 Å². The number of likely N-dealkylation sites (N-methyl/N-ethyl adjacent to an activating group) is 1. The zero-order chi connectivity index (χ0) is 14.1. The molecule has 7 heteroatoms. The van der Waals surface area contributed by atoms with E-state index in [-0.39, 0.29) is 0 Å². The van der Waals surface area contributed by atoms with Gasteiger partial charge in [-0.2, -0.15) is 9.97 Å². The molecule has 1 fully saturated rings. The number of aromatic amines is 1. The van der Waals surface area contributed by atoms with Crippen LogP contribution in [0.3, 0.4) is 0 Å². The summed E-state index contributed by atoms with van der Waals surface area (Å²) in [6.07, 6.45) is 4.09. The van der Waals surface area contributed by atoms with Crippen molar-refractivity contribution < 1.29 is 0 Å². The summed E-state index contributed by atoms with van der Waals surface area (Å²) in [5.74, 6) is 1.56. The number of hydrogen-bond donors (Lipinski definition) is 2. The van der Waals surface area contributed by atoms with Gasteiger partial charge in [0.15, 0.2) is 11.5 Å². The number of fused-ring (bicyclic) bond motifs is 1. The lowest BCUT2D eigenvalue weighted by Crippen LogP contribution is -2.45. The van der Waals surface area contributed by atoms with Gasteiger partial charge in [0.2, 0.25) is 5.95 Å². The quantitative estimate of drug-likeness (QED) is 0.868. The van der Waals surface area contributed by atoms with Crippen molar-refractivity contribution in [2.75, 3.05) is 44.4 Å². The maximum Gasteiger partial charge on any atom is 0.226 e. The zero-order valence-corrected chi connectivity index (χ0v) is 12.2. The smallest absolute Gasteiger partial charge is 0.226 e. The number of anilines is 2. The summed E-state index contributed by atoms with van der Waals surface area (Å²) in [6, 6.07) is 0.565. The molecule has 0 aromatic carbocycles. The van der Waals surface area contributed by atoms with Gasteiger partial charge >= 0.3 is 0 Å². The first-order valence-corrected chi connectivity index (χ1v) is 6.99. The molecule has 108 valence electrons. The third kappa shape index (κ3) is 2.29. The highest BCUT2D eigenvalue weighted by Crippen LogP contribution is 2.26. The van der Waals surface area contributed by atoms with Crippen LogP contribution >= 0.6 is 0 Å². The second-order valence-electron chi connectivity index (χ2n) is 5.43. The molecule has 2 aromatic heterocycles. The Hall–Kier alpha value is -1.89. The van der Waals surface area contributed by atoms with Gasteiger partial charge in [-0.15, -0.1) is 0 Å². The normalized spacial score (nSPS) is 19.8. The maximum absolute atomic E-state index is 4.62. The van der Waals surface area contributed by atoms with E-state index < -0.39 is 0 Å². The largest absolute Gasteiger partial charge is 0.357 e. The Balaban J connectivity index is 1.98. The predicted octanol–water partition coefficient (Wildman–Crippen LogP) is 0.925. The third-order valence-corrected chi connectivity index (χ3v) is 3.92. The Morgan fingerprint density at radius 2 is 2.25 bits per heavy atom. The van der Waals surface area contributed by atoms with Crippen molar-refractivity contribution in [2.45, 2.75) is 18.9 Å². The number of rotatable bonds is 3. The number of H-pyrrole nitrogens is 1. The number of imidazole rings is 1. The Kier molecular flexibility index (Phi) is 3.43. The molecule has 1 saturated heterocycles. The molecular formula is C13H21N7. The van der Waals surface area contributed by atoms with Gasteiger partial charge in [0.1, 0.15) is 5.52 Å². The van der Waals surface area contributed by atoms with Gasteiger partial charge in [-0.3, -0.25) is 0 Å². The molecular weight excluding hydrogens is 254 g/mol. The molecule has 1 aliphatic heterocycles. The van der Waals surface area contributed by atoms with Gasteiger partial charge in [-0.25, -0.2) is 4.98 Å². The standard InChI is InChI=1S/C13H21N7/c1-14-13-17-11-10(15-8-16-11)12(18-13)20-6-4-5-9(7-20)19(2)3/h8-9H,4-7H2,1-3H3,(H2,14,15,16,17,18). The van der Waals surface area contributed by atoms with Crippen molar-refractivity contribution in [3.63, 3.8) is 0 Å². The van der Waals surface area contributed by atoms with Gasteiger partial charge in [0, 0.05) is 26.2 Å². The van der Waals surface area contributed by atoms with Gasteiger partial charge in [-0.1, -0.05) is 0 Å². The van der Waals surface area contributed by atoms with Crippen LogP contribution in [0.2, 0.25) is 0 Å². The van der Waals surface area contributed by atoms with E-state index >= 15 is 0 Å². The van der Waals surface area contributed by atoms with Crippen molar-refractivity contribution in [2.24, 2.45) is 0 Å². The fraction of sp³-hybridized carbons (Fsp3) is 0.615. The summed E-state index contributed by atoms with van der Waals surface area (Å²) < 4.78 is 0. The lowest BCUT2D eigenvalue weighted by Gasteiger charge is -2.36. The van der Waals surface area contributed by atoms with Crippen molar-refractivity contribution in [3.05, 3.63) is 6.33 Å². The summed E-state index contributed by atoms with van der Waals surface area (Å²) in [4.78, 5) is 21.0. The Bertz CT molecular complexity index is 591. The minimum atomic E-state index is 0.565. The molecule has 0 spiro atoms. The van der Waals surface area contributed by atoms with Crippen LogP contribution < -0.4 is 10.2 Å². The van der Waals surface area contributed by atoms with E-state index in [1.165, 1.54) is 12.8 Å². The highest BCUT2D eigenvalue weighted by Gasteiger charge is 2.24. The fourth-order valence-corrected chi connectivity index (χ4v) is 2.73. The van der Waals surface area contributed by atoms with Crippen LogP contribution in [0.4, 0.5) is 11.8 Å². The second-order valence-corrected chi connectivity index (χ2v) is 5.43. The summed E-state index contributed by atoms with van der Waals surface area (Å²) in [5.41, 5.74) is 1.63. The van der Waals surface area contributed by atoms with E-state index in [1.54, 1.807) is 6.33 Å². The van der Waals surface area contributed by atoms with Crippen molar-refractivity contribution in [1.82, 2.24) is 24.8 Å². The van der Waals surface area contributed by atoms with Crippen LogP contribution in [-0.2, 0) is 0 Å². The molecule has 2 N–H and O–H groups in total. The summed E-state index contributed by atoms with van der Waals surface area (Å²) in [6.45, 7) is 2.01. The first-order chi connectivity index (χ1) is 9.69. The highest BCUT2D eigenvalue weighted by atomic mass is 15.3. The van der Waals surface area contributed by atoms with E-state index in [4.69, 9.17) is 0 Å². The zero-order valence-electron chi connectivity index (χ0n) is 12.2. The van der Waals surface area contributed by atoms with Gasteiger partial charge in [-0.05, 0) is 26.9 Å². The molecule has 3 heterocycles. The lowest BCUT2D eigenvalue weighted by atomic mass is 10.0. The van der Waals surface area contributed by atoms with Gasteiger partial charge in [0.05, 0.1) is 6.33 Å². The van der Waals surface area contributed by atoms with Crippen molar-refractivity contribution in [3.8, 4) is 0 Å². The molecule has 3 rings (SSSR count).